The molecule has 0 atom stereocenters. The molecule has 0 fully saturated rings. The van der Waals surface area contributed by atoms with E-state index < -0.39 is 5.97 Å². The number of benzene rings is 2. The van der Waals surface area contributed by atoms with Gasteiger partial charge < -0.3 is 10.4 Å². The Morgan fingerprint density at radius 1 is 1.07 bits per heavy atom. The summed E-state index contributed by atoms with van der Waals surface area (Å²) in [5.74, 6) is 0.461. The Morgan fingerprint density at radius 2 is 1.80 bits per heavy atom. The molecule has 0 aliphatic carbocycles. The molecular formula is C24H24N4O2. The summed E-state index contributed by atoms with van der Waals surface area (Å²) in [6.45, 7) is 4.36. The Labute approximate surface area is 175 Å². The smallest absolute Gasteiger partial charge is 0.303 e. The molecular weight excluding hydrogens is 376 g/mol. The molecule has 0 saturated carbocycles. The number of aryl methyl sites for hydroxylation is 1. The number of anilines is 2. The van der Waals surface area contributed by atoms with E-state index in [1.807, 2.05) is 36.5 Å². The zero-order valence-electron chi connectivity index (χ0n) is 17.0. The number of hydrogen-bond acceptors (Lipinski definition) is 4. The summed E-state index contributed by atoms with van der Waals surface area (Å²) in [6.07, 6.45) is 4.34. The zero-order valence-corrected chi connectivity index (χ0v) is 17.0. The minimum Gasteiger partial charge on any atom is -0.481 e. The summed E-state index contributed by atoms with van der Waals surface area (Å²) < 4.78 is 1.75. The van der Waals surface area contributed by atoms with Crippen LogP contribution < -0.4 is 5.32 Å². The number of aromatic nitrogens is 3. The van der Waals surface area contributed by atoms with E-state index in [0.29, 0.717) is 12.3 Å². The summed E-state index contributed by atoms with van der Waals surface area (Å²) in [4.78, 5) is 15.5. The maximum atomic E-state index is 10.8. The number of fused-ring (bicyclic) bond motifs is 1. The minimum atomic E-state index is -0.787. The average Bonchev–Trinajstić information content (AvgIpc) is 3.16. The van der Waals surface area contributed by atoms with Crippen LogP contribution in [0.1, 0.15) is 37.3 Å². The lowest BCUT2D eigenvalue weighted by Crippen LogP contribution is -1.98. The van der Waals surface area contributed by atoms with Crippen molar-refractivity contribution in [2.24, 2.45) is 0 Å². The fourth-order valence-electron chi connectivity index (χ4n) is 3.34. The molecule has 2 heterocycles. The van der Waals surface area contributed by atoms with Crippen LogP contribution in [0.2, 0.25) is 0 Å². The highest BCUT2D eigenvalue weighted by atomic mass is 16.4. The molecule has 4 aromatic rings. The molecule has 4 rings (SSSR count). The van der Waals surface area contributed by atoms with Crippen molar-refractivity contribution < 1.29 is 9.90 Å². The largest absolute Gasteiger partial charge is 0.481 e. The molecule has 6 nitrogen and oxygen atoms in total. The predicted molar refractivity (Wildman–Crippen MR) is 118 cm³/mol. The van der Waals surface area contributed by atoms with Crippen LogP contribution in [-0.2, 0) is 11.2 Å². The van der Waals surface area contributed by atoms with Crippen molar-refractivity contribution >= 4 is 23.1 Å². The topological polar surface area (TPSA) is 79.5 Å². The number of nitrogens with one attached hydrogen (secondary N) is 1. The number of rotatable bonds is 7. The Hall–Kier alpha value is -3.67. The van der Waals surface area contributed by atoms with Crippen molar-refractivity contribution in [2.75, 3.05) is 5.32 Å². The lowest BCUT2D eigenvalue weighted by Gasteiger charge is -2.09. The van der Waals surface area contributed by atoms with Gasteiger partial charge in [-0.1, -0.05) is 50.2 Å². The molecule has 2 aromatic heterocycles. The number of aliphatic carboxylic acids is 1. The summed E-state index contributed by atoms with van der Waals surface area (Å²) in [5, 5.41) is 16.6. The summed E-state index contributed by atoms with van der Waals surface area (Å²) in [6, 6.07) is 18.2. The van der Waals surface area contributed by atoms with Gasteiger partial charge in [-0.05, 0) is 47.2 Å². The van der Waals surface area contributed by atoms with E-state index in [-0.39, 0.29) is 6.42 Å². The lowest BCUT2D eigenvalue weighted by molar-refractivity contribution is -0.136. The molecule has 0 aliphatic heterocycles. The Balaban J connectivity index is 1.57. The van der Waals surface area contributed by atoms with Gasteiger partial charge in [0.2, 0.25) is 0 Å². The Bertz CT molecular complexity index is 1160. The third-order valence-electron chi connectivity index (χ3n) is 5.11. The second-order valence-corrected chi connectivity index (χ2v) is 7.63. The van der Waals surface area contributed by atoms with Crippen LogP contribution in [0.3, 0.4) is 0 Å². The standard InChI is InChI=1S/C24H24N4O2/c1-16(2)18-8-10-20(11-9-18)26-22-13-14-28-24(27-22)21(15-25-28)19-6-3-17(4-7-19)5-12-23(29)30/h3-4,6-11,13-16H,5,12H2,1-2H3,(H,26,27)(H,29,30). The third kappa shape index (κ3) is 4.33. The molecule has 30 heavy (non-hydrogen) atoms. The van der Waals surface area contributed by atoms with Gasteiger partial charge in [-0.25, -0.2) is 9.50 Å². The van der Waals surface area contributed by atoms with Crippen LogP contribution >= 0.6 is 0 Å². The second kappa shape index (κ2) is 8.37. The number of carbonyl (C=O) groups is 1. The number of carboxylic acid groups (broad SMARTS) is 1. The molecule has 0 radical (unpaired) electrons. The maximum absolute atomic E-state index is 10.8. The molecule has 0 unspecified atom stereocenters. The van der Waals surface area contributed by atoms with Crippen molar-refractivity contribution in [3.63, 3.8) is 0 Å². The van der Waals surface area contributed by atoms with Gasteiger partial charge in [0.25, 0.3) is 0 Å². The highest BCUT2D eigenvalue weighted by molar-refractivity contribution is 5.78. The molecule has 2 aromatic carbocycles. The maximum Gasteiger partial charge on any atom is 0.303 e. The molecule has 0 bridgehead atoms. The second-order valence-electron chi connectivity index (χ2n) is 7.63. The lowest BCUT2D eigenvalue weighted by atomic mass is 10.0. The molecule has 6 heteroatoms. The summed E-state index contributed by atoms with van der Waals surface area (Å²) >= 11 is 0. The first-order chi connectivity index (χ1) is 14.5. The van der Waals surface area contributed by atoms with Gasteiger partial charge >= 0.3 is 5.97 Å². The van der Waals surface area contributed by atoms with Crippen LogP contribution in [0.25, 0.3) is 16.8 Å². The molecule has 0 saturated heterocycles. The summed E-state index contributed by atoms with van der Waals surface area (Å²) in [7, 11) is 0. The molecule has 0 spiro atoms. The fraction of sp³-hybridized carbons (Fsp3) is 0.208. The average molecular weight is 400 g/mol. The van der Waals surface area contributed by atoms with Crippen LogP contribution in [-0.4, -0.2) is 25.7 Å². The first-order valence-corrected chi connectivity index (χ1v) is 10.0. The first-order valence-electron chi connectivity index (χ1n) is 10.0. The zero-order chi connectivity index (χ0) is 21.1. The van der Waals surface area contributed by atoms with Crippen LogP contribution in [0.4, 0.5) is 11.5 Å². The highest BCUT2D eigenvalue weighted by Crippen LogP contribution is 2.26. The minimum absolute atomic E-state index is 0.130. The predicted octanol–water partition coefficient (Wildman–Crippen LogP) is 5.28. The van der Waals surface area contributed by atoms with Crippen molar-refractivity contribution in [1.29, 1.82) is 0 Å². The van der Waals surface area contributed by atoms with E-state index in [4.69, 9.17) is 10.1 Å². The molecule has 0 amide bonds. The van der Waals surface area contributed by atoms with Gasteiger partial charge in [0, 0.05) is 23.9 Å². The van der Waals surface area contributed by atoms with E-state index in [9.17, 15) is 4.79 Å². The van der Waals surface area contributed by atoms with E-state index in [1.54, 1.807) is 10.7 Å². The molecule has 2 N–H and O–H groups in total. The number of carboxylic acids is 1. The van der Waals surface area contributed by atoms with Crippen LogP contribution in [0, 0.1) is 0 Å². The molecule has 0 aliphatic rings. The number of nitrogens with zero attached hydrogens (tertiary/aromatic N) is 3. The monoisotopic (exact) mass is 400 g/mol. The van der Waals surface area contributed by atoms with Crippen LogP contribution in [0.5, 0.6) is 0 Å². The van der Waals surface area contributed by atoms with Crippen LogP contribution in [0.15, 0.2) is 67.0 Å². The highest BCUT2D eigenvalue weighted by Gasteiger charge is 2.10. The fourth-order valence-corrected chi connectivity index (χ4v) is 3.34. The van der Waals surface area contributed by atoms with Gasteiger partial charge in [-0.2, -0.15) is 5.10 Å². The van der Waals surface area contributed by atoms with Crippen molar-refractivity contribution in [1.82, 2.24) is 14.6 Å². The SMILES string of the molecule is CC(C)c1ccc(Nc2ccn3ncc(-c4ccc(CCC(=O)O)cc4)c3n2)cc1. The van der Waals surface area contributed by atoms with Gasteiger partial charge in [-0.3, -0.25) is 4.79 Å². The Kier molecular flexibility index (Phi) is 5.48. The van der Waals surface area contributed by atoms with Gasteiger partial charge in [0.05, 0.1) is 6.20 Å². The van der Waals surface area contributed by atoms with E-state index >= 15 is 0 Å². The van der Waals surface area contributed by atoms with Crippen molar-refractivity contribution in [3.8, 4) is 11.1 Å². The first kappa shape index (κ1) is 19.6. The third-order valence-corrected chi connectivity index (χ3v) is 5.11. The summed E-state index contributed by atoms with van der Waals surface area (Å²) in [5.41, 5.74) is 5.97. The Morgan fingerprint density at radius 3 is 2.47 bits per heavy atom. The van der Waals surface area contributed by atoms with Gasteiger partial charge in [0.15, 0.2) is 5.65 Å². The van der Waals surface area contributed by atoms with E-state index in [1.165, 1.54) is 5.56 Å². The van der Waals surface area contributed by atoms with Crippen molar-refractivity contribution in [2.45, 2.75) is 32.6 Å². The van der Waals surface area contributed by atoms with E-state index in [0.717, 1.165) is 33.8 Å². The normalized spacial score (nSPS) is 11.2. The van der Waals surface area contributed by atoms with Gasteiger partial charge in [-0.15, -0.1) is 0 Å². The van der Waals surface area contributed by atoms with E-state index in [2.05, 4.69) is 48.5 Å². The quantitative estimate of drug-likeness (QED) is 0.441. The molecule has 152 valence electrons. The van der Waals surface area contributed by atoms with Gasteiger partial charge in [0.1, 0.15) is 5.82 Å². The van der Waals surface area contributed by atoms with Crippen molar-refractivity contribution in [3.05, 3.63) is 78.1 Å². The number of hydrogen-bond donors (Lipinski definition) is 2.